The lowest BCUT2D eigenvalue weighted by atomic mass is 9.88. The van der Waals surface area contributed by atoms with Crippen molar-refractivity contribution in [2.75, 3.05) is 17.7 Å². The van der Waals surface area contributed by atoms with Crippen LogP contribution in [0.4, 0.5) is 16.0 Å². The van der Waals surface area contributed by atoms with E-state index in [-0.39, 0.29) is 5.91 Å². The number of anilines is 2. The number of carbonyl (C=O) groups excluding carboxylic acids is 1. The van der Waals surface area contributed by atoms with E-state index < -0.39 is 17.8 Å². The molecule has 4 rings (SSSR count). The number of benzene rings is 2. The first-order valence-electron chi connectivity index (χ1n) is 8.63. The Morgan fingerprint density at radius 2 is 2.11 bits per heavy atom. The van der Waals surface area contributed by atoms with Gasteiger partial charge in [0.25, 0.3) is 0 Å². The molecule has 2 aromatic carbocycles. The van der Waals surface area contributed by atoms with Crippen LogP contribution in [0.15, 0.2) is 67.1 Å². The quantitative estimate of drug-likeness (QED) is 0.728. The van der Waals surface area contributed by atoms with Crippen LogP contribution >= 0.6 is 0 Å². The van der Waals surface area contributed by atoms with Crippen LogP contribution < -0.4 is 15.4 Å². The highest BCUT2D eigenvalue weighted by Gasteiger charge is 2.39. The molecule has 1 amide bonds. The molecule has 0 spiro atoms. The van der Waals surface area contributed by atoms with Crippen LogP contribution in [-0.4, -0.2) is 27.8 Å². The molecule has 0 aliphatic carbocycles. The minimum absolute atomic E-state index is 0.322. The van der Waals surface area contributed by atoms with Gasteiger partial charge in [-0.1, -0.05) is 30.8 Å². The number of methoxy groups -OCH3 is 1. The van der Waals surface area contributed by atoms with Gasteiger partial charge in [0.1, 0.15) is 23.8 Å². The number of hydrogen-bond acceptors (Lipinski definition) is 5. The lowest BCUT2D eigenvalue weighted by Gasteiger charge is -2.33. The fraction of sp³-hybridized carbons (Fsp3) is 0.150. The maximum atomic E-state index is 13.9. The van der Waals surface area contributed by atoms with Crippen molar-refractivity contribution in [2.24, 2.45) is 5.92 Å². The van der Waals surface area contributed by atoms with Crippen LogP contribution in [0.5, 0.6) is 5.75 Å². The van der Waals surface area contributed by atoms with Crippen molar-refractivity contribution in [1.82, 2.24) is 14.8 Å². The molecule has 1 aliphatic rings. The number of nitrogens with zero attached hydrogens (tertiary/aromatic N) is 3. The van der Waals surface area contributed by atoms with Crippen molar-refractivity contribution in [3.8, 4) is 5.75 Å². The number of hydrogen-bond donors (Lipinski definition) is 2. The highest BCUT2D eigenvalue weighted by atomic mass is 19.1. The summed E-state index contributed by atoms with van der Waals surface area (Å²) in [5.74, 6) is -0.486. The summed E-state index contributed by atoms with van der Waals surface area (Å²) in [5, 5.41) is 10.1. The van der Waals surface area contributed by atoms with Gasteiger partial charge in [-0.05, 0) is 29.8 Å². The zero-order valence-electron chi connectivity index (χ0n) is 15.1. The third-order valence-electron chi connectivity index (χ3n) is 4.64. The summed E-state index contributed by atoms with van der Waals surface area (Å²) in [6, 6.07) is 12.6. The molecule has 0 bridgehead atoms. The van der Waals surface area contributed by atoms with Crippen molar-refractivity contribution >= 4 is 17.5 Å². The number of ether oxygens (including phenoxy) is 1. The van der Waals surface area contributed by atoms with Gasteiger partial charge in [-0.2, -0.15) is 10.1 Å². The number of rotatable bonds is 4. The largest absolute Gasteiger partial charge is 0.495 e. The zero-order valence-corrected chi connectivity index (χ0v) is 15.1. The molecule has 142 valence electrons. The number of para-hydroxylation sites is 2. The van der Waals surface area contributed by atoms with E-state index >= 15 is 0 Å². The van der Waals surface area contributed by atoms with Gasteiger partial charge < -0.3 is 15.4 Å². The van der Waals surface area contributed by atoms with Gasteiger partial charge in [0.2, 0.25) is 11.9 Å². The van der Waals surface area contributed by atoms with Crippen LogP contribution in [-0.2, 0) is 4.79 Å². The number of nitrogens with one attached hydrogen (secondary N) is 2. The van der Waals surface area contributed by atoms with Gasteiger partial charge >= 0.3 is 0 Å². The van der Waals surface area contributed by atoms with Gasteiger partial charge in [-0.15, -0.1) is 0 Å². The number of aromatic nitrogens is 3. The number of amides is 1. The number of halogens is 1. The molecule has 0 radical (unpaired) electrons. The number of carbonyl (C=O) groups is 1. The smallest absolute Gasteiger partial charge is 0.236 e. The third-order valence-corrected chi connectivity index (χ3v) is 4.64. The Morgan fingerprint density at radius 3 is 2.89 bits per heavy atom. The lowest BCUT2D eigenvalue weighted by Crippen LogP contribution is -2.39. The van der Waals surface area contributed by atoms with Crippen molar-refractivity contribution in [2.45, 2.75) is 6.04 Å². The molecule has 2 atom stereocenters. The van der Waals surface area contributed by atoms with E-state index in [4.69, 9.17) is 4.74 Å². The normalized spacial score (nSPS) is 18.1. The topological polar surface area (TPSA) is 81.1 Å². The summed E-state index contributed by atoms with van der Waals surface area (Å²) in [7, 11) is 1.53. The van der Waals surface area contributed by atoms with Crippen LogP contribution in [0.3, 0.4) is 0 Å². The molecule has 2 N–H and O–H groups in total. The minimum atomic E-state index is -0.749. The molecule has 0 saturated carbocycles. The van der Waals surface area contributed by atoms with E-state index in [1.165, 1.54) is 25.6 Å². The highest BCUT2D eigenvalue weighted by molar-refractivity contribution is 5.96. The van der Waals surface area contributed by atoms with Gasteiger partial charge in [0.15, 0.2) is 0 Å². The van der Waals surface area contributed by atoms with E-state index in [1.54, 1.807) is 35.0 Å². The van der Waals surface area contributed by atoms with Crippen molar-refractivity contribution in [1.29, 1.82) is 0 Å². The first-order chi connectivity index (χ1) is 13.6. The Balaban J connectivity index is 1.75. The minimum Gasteiger partial charge on any atom is -0.495 e. The molecule has 3 aromatic rings. The Kier molecular flexibility index (Phi) is 4.52. The Labute approximate surface area is 160 Å². The summed E-state index contributed by atoms with van der Waals surface area (Å²) in [6.45, 7) is 4.00. The molecule has 2 unspecified atom stereocenters. The average molecular weight is 379 g/mol. The molecule has 28 heavy (non-hydrogen) atoms. The maximum absolute atomic E-state index is 13.9. The maximum Gasteiger partial charge on any atom is 0.236 e. The number of fused-ring (bicyclic) bond motifs is 1. The molecule has 0 saturated heterocycles. The molecule has 8 heteroatoms. The summed E-state index contributed by atoms with van der Waals surface area (Å²) < 4.78 is 20.8. The van der Waals surface area contributed by atoms with Crippen LogP contribution in [0.25, 0.3) is 0 Å². The van der Waals surface area contributed by atoms with E-state index in [0.29, 0.717) is 28.6 Å². The summed E-state index contributed by atoms with van der Waals surface area (Å²) in [6.07, 6.45) is 1.38. The second kappa shape index (κ2) is 7.15. The second-order valence-corrected chi connectivity index (χ2v) is 6.35. The van der Waals surface area contributed by atoms with Crippen molar-refractivity contribution in [3.63, 3.8) is 0 Å². The van der Waals surface area contributed by atoms with Gasteiger partial charge in [-0.3, -0.25) is 4.79 Å². The van der Waals surface area contributed by atoms with Crippen LogP contribution in [0, 0.1) is 11.7 Å². The van der Waals surface area contributed by atoms with Gasteiger partial charge in [0.05, 0.1) is 18.8 Å². The van der Waals surface area contributed by atoms with E-state index in [2.05, 4.69) is 27.3 Å². The summed E-state index contributed by atoms with van der Waals surface area (Å²) in [4.78, 5) is 17.4. The highest BCUT2D eigenvalue weighted by Crippen LogP contribution is 2.38. The summed E-state index contributed by atoms with van der Waals surface area (Å²) >= 11 is 0. The molecular formula is C20H18FN5O2. The second-order valence-electron chi connectivity index (χ2n) is 6.35. The fourth-order valence-corrected chi connectivity index (χ4v) is 3.38. The molecule has 0 fully saturated rings. The monoisotopic (exact) mass is 379 g/mol. The first-order valence-corrected chi connectivity index (χ1v) is 8.63. The Hall–Kier alpha value is -3.68. The van der Waals surface area contributed by atoms with Crippen LogP contribution in [0.2, 0.25) is 0 Å². The molecular weight excluding hydrogens is 361 g/mol. The van der Waals surface area contributed by atoms with E-state index in [0.717, 1.165) is 0 Å². The summed E-state index contributed by atoms with van der Waals surface area (Å²) in [5.41, 5.74) is 1.57. The molecule has 2 heterocycles. The van der Waals surface area contributed by atoms with Crippen molar-refractivity contribution < 1.29 is 13.9 Å². The average Bonchev–Trinajstić information content (AvgIpc) is 3.15. The Bertz CT molecular complexity index is 1050. The Morgan fingerprint density at radius 1 is 1.29 bits per heavy atom. The molecule has 7 nitrogen and oxygen atoms in total. The van der Waals surface area contributed by atoms with E-state index in [9.17, 15) is 9.18 Å². The van der Waals surface area contributed by atoms with Gasteiger partial charge in [-0.25, -0.2) is 9.07 Å². The zero-order chi connectivity index (χ0) is 19.7. The predicted octanol–water partition coefficient (Wildman–Crippen LogP) is 3.21. The molecule has 1 aliphatic heterocycles. The third kappa shape index (κ3) is 3.09. The SMILES string of the molecule is C=C1Nc2ncnn2C(c2cccc(F)c2)C1C(=O)Nc1ccccc1OC. The van der Waals surface area contributed by atoms with Crippen LogP contribution in [0.1, 0.15) is 11.6 Å². The predicted molar refractivity (Wildman–Crippen MR) is 102 cm³/mol. The van der Waals surface area contributed by atoms with Crippen molar-refractivity contribution in [3.05, 3.63) is 78.5 Å². The lowest BCUT2D eigenvalue weighted by molar-refractivity contribution is -0.119. The van der Waals surface area contributed by atoms with Gasteiger partial charge in [0, 0.05) is 5.70 Å². The molecule has 1 aromatic heterocycles. The fourth-order valence-electron chi connectivity index (χ4n) is 3.38. The first kappa shape index (κ1) is 17.7. The van der Waals surface area contributed by atoms with E-state index in [1.807, 2.05) is 6.07 Å². The standard InChI is InChI=1S/C20H18FN5O2/c1-12-17(19(27)25-15-8-3-4-9-16(15)28-2)18(13-6-5-7-14(21)10-13)26-20(24-12)22-11-23-26/h3-11,17-18H,1H2,2H3,(H,25,27)(H,22,23,24).